The highest BCUT2D eigenvalue weighted by Crippen LogP contribution is 2.20. The van der Waals surface area contributed by atoms with E-state index >= 15 is 0 Å². The van der Waals surface area contributed by atoms with E-state index in [9.17, 15) is 4.79 Å². The monoisotopic (exact) mass is 295 g/mol. The van der Waals surface area contributed by atoms with Crippen LogP contribution in [0.5, 0.6) is 0 Å². The van der Waals surface area contributed by atoms with Crippen molar-refractivity contribution in [2.24, 2.45) is 0 Å². The lowest BCUT2D eigenvalue weighted by Gasteiger charge is -2.14. The molecule has 0 bridgehead atoms. The summed E-state index contributed by atoms with van der Waals surface area (Å²) in [7, 11) is 0. The molecule has 22 heavy (non-hydrogen) atoms. The van der Waals surface area contributed by atoms with Crippen molar-refractivity contribution >= 4 is 5.91 Å². The Bertz CT molecular complexity index is 735. The summed E-state index contributed by atoms with van der Waals surface area (Å²) in [6.45, 7) is 8.94. The van der Waals surface area contributed by atoms with Crippen molar-refractivity contribution in [1.29, 1.82) is 5.26 Å². The molecule has 4 nitrogen and oxygen atoms in total. The Hall–Kier alpha value is -2.54. The third-order valence-electron chi connectivity index (χ3n) is 3.80. The molecule has 0 saturated heterocycles. The van der Waals surface area contributed by atoms with Crippen LogP contribution < -0.4 is 5.32 Å². The quantitative estimate of drug-likeness (QED) is 0.938. The summed E-state index contributed by atoms with van der Waals surface area (Å²) < 4.78 is 2.26. The molecule has 0 spiro atoms. The molecule has 0 saturated carbocycles. The molecule has 0 aliphatic rings. The molecule has 0 radical (unpaired) electrons. The maximum Gasteiger partial charge on any atom is 0.251 e. The molecular weight excluding hydrogens is 274 g/mol. The van der Waals surface area contributed by atoms with Crippen LogP contribution in [0.15, 0.2) is 30.3 Å². The minimum absolute atomic E-state index is 0.161. The summed E-state index contributed by atoms with van der Waals surface area (Å²) >= 11 is 0. The van der Waals surface area contributed by atoms with E-state index in [4.69, 9.17) is 5.26 Å². The molecule has 4 heteroatoms. The zero-order valence-corrected chi connectivity index (χ0v) is 13.5. The van der Waals surface area contributed by atoms with Crippen molar-refractivity contribution in [3.8, 4) is 6.07 Å². The Morgan fingerprint density at radius 3 is 2.64 bits per heavy atom. The molecule has 1 N–H and O–H groups in total. The fourth-order valence-electron chi connectivity index (χ4n) is 2.83. The van der Waals surface area contributed by atoms with E-state index in [2.05, 4.69) is 43.6 Å². The van der Waals surface area contributed by atoms with Gasteiger partial charge in [-0.25, -0.2) is 0 Å². The number of hydrogen-bond donors (Lipinski definition) is 1. The van der Waals surface area contributed by atoms with Gasteiger partial charge in [0.2, 0.25) is 0 Å². The summed E-state index contributed by atoms with van der Waals surface area (Å²) in [5, 5.41) is 11.8. The van der Waals surface area contributed by atoms with E-state index in [1.165, 1.54) is 11.4 Å². The Balaban J connectivity index is 2.12. The molecule has 0 aliphatic carbocycles. The first-order valence-electron chi connectivity index (χ1n) is 7.39. The summed E-state index contributed by atoms with van der Waals surface area (Å²) in [5.74, 6) is -0.161. The van der Waals surface area contributed by atoms with Crippen molar-refractivity contribution in [2.45, 2.75) is 40.3 Å². The third-order valence-corrected chi connectivity index (χ3v) is 3.80. The zero-order valence-electron chi connectivity index (χ0n) is 13.5. The molecule has 0 aliphatic heterocycles. The van der Waals surface area contributed by atoms with Gasteiger partial charge in [-0.15, -0.1) is 0 Å². The lowest BCUT2D eigenvalue weighted by atomic mass is 10.1. The van der Waals surface area contributed by atoms with E-state index in [0.29, 0.717) is 23.7 Å². The minimum atomic E-state index is -0.161. The van der Waals surface area contributed by atoms with Crippen LogP contribution in [0.3, 0.4) is 0 Å². The van der Waals surface area contributed by atoms with Gasteiger partial charge in [0, 0.05) is 29.5 Å². The molecule has 2 aromatic rings. The fourth-order valence-corrected chi connectivity index (χ4v) is 2.83. The van der Waals surface area contributed by atoms with Gasteiger partial charge in [0.05, 0.1) is 11.6 Å². The Morgan fingerprint density at radius 2 is 2.05 bits per heavy atom. The molecule has 2 rings (SSSR count). The first-order chi connectivity index (χ1) is 10.4. The highest BCUT2D eigenvalue weighted by atomic mass is 16.1. The van der Waals surface area contributed by atoms with Crippen LogP contribution in [0, 0.1) is 25.2 Å². The summed E-state index contributed by atoms with van der Waals surface area (Å²) in [5.41, 5.74) is 4.50. The van der Waals surface area contributed by atoms with Crippen molar-refractivity contribution in [1.82, 2.24) is 9.88 Å². The molecule has 114 valence electrons. The highest BCUT2D eigenvalue weighted by molar-refractivity contribution is 5.94. The van der Waals surface area contributed by atoms with Crippen LogP contribution in [-0.4, -0.2) is 10.5 Å². The standard InChI is InChI=1S/C18H21N3O/c1-12(2)21-13(3)8-17(14(21)4)11-20-18(22)16-7-5-6-15(9-16)10-19/h5-9,12H,11H2,1-4H3,(H,20,22). The Morgan fingerprint density at radius 1 is 1.32 bits per heavy atom. The van der Waals surface area contributed by atoms with Crippen LogP contribution in [-0.2, 0) is 6.54 Å². The zero-order chi connectivity index (χ0) is 16.3. The number of rotatable bonds is 4. The maximum absolute atomic E-state index is 12.2. The number of nitrogens with one attached hydrogen (secondary N) is 1. The Kier molecular flexibility index (Phi) is 4.67. The van der Waals surface area contributed by atoms with E-state index in [0.717, 1.165) is 5.56 Å². The van der Waals surface area contributed by atoms with Crippen molar-refractivity contribution in [3.63, 3.8) is 0 Å². The number of carbonyl (C=O) groups is 1. The van der Waals surface area contributed by atoms with Gasteiger partial charge in [-0.3, -0.25) is 4.79 Å². The number of amides is 1. The van der Waals surface area contributed by atoms with Gasteiger partial charge in [-0.2, -0.15) is 5.26 Å². The van der Waals surface area contributed by atoms with Crippen LogP contribution in [0.2, 0.25) is 0 Å². The fraction of sp³-hybridized carbons (Fsp3) is 0.333. The maximum atomic E-state index is 12.2. The van der Waals surface area contributed by atoms with E-state index in [1.807, 2.05) is 6.07 Å². The predicted molar refractivity (Wildman–Crippen MR) is 86.6 cm³/mol. The molecular formula is C18H21N3O. The average molecular weight is 295 g/mol. The number of nitriles is 1. The molecule has 1 amide bonds. The molecule has 1 aromatic carbocycles. The molecule has 1 aromatic heterocycles. The van der Waals surface area contributed by atoms with E-state index in [1.54, 1.807) is 24.3 Å². The van der Waals surface area contributed by atoms with E-state index < -0.39 is 0 Å². The SMILES string of the molecule is Cc1cc(CNC(=O)c2cccc(C#N)c2)c(C)n1C(C)C. The lowest BCUT2D eigenvalue weighted by Crippen LogP contribution is -2.23. The Labute approximate surface area is 131 Å². The lowest BCUT2D eigenvalue weighted by molar-refractivity contribution is 0.0951. The van der Waals surface area contributed by atoms with Crippen molar-refractivity contribution in [2.75, 3.05) is 0 Å². The number of benzene rings is 1. The topological polar surface area (TPSA) is 57.8 Å². The average Bonchev–Trinajstić information content (AvgIpc) is 2.79. The van der Waals surface area contributed by atoms with Gasteiger partial charge < -0.3 is 9.88 Å². The number of carbonyl (C=O) groups excluding carboxylic acids is 1. The normalized spacial score (nSPS) is 10.5. The number of aromatic nitrogens is 1. The van der Waals surface area contributed by atoms with Gasteiger partial charge in [-0.1, -0.05) is 6.07 Å². The summed E-state index contributed by atoms with van der Waals surface area (Å²) in [6, 6.07) is 11.3. The first-order valence-corrected chi connectivity index (χ1v) is 7.39. The van der Waals surface area contributed by atoms with Gasteiger partial charge in [0.25, 0.3) is 5.91 Å². The molecule has 0 atom stereocenters. The second-order valence-electron chi connectivity index (χ2n) is 5.74. The smallest absolute Gasteiger partial charge is 0.251 e. The number of hydrogen-bond acceptors (Lipinski definition) is 2. The largest absolute Gasteiger partial charge is 0.348 e. The number of aryl methyl sites for hydroxylation is 1. The molecule has 0 unspecified atom stereocenters. The summed E-state index contributed by atoms with van der Waals surface area (Å²) in [6.07, 6.45) is 0. The number of nitrogens with zero attached hydrogens (tertiary/aromatic N) is 2. The minimum Gasteiger partial charge on any atom is -0.348 e. The van der Waals surface area contributed by atoms with Gasteiger partial charge in [-0.05, 0) is 57.5 Å². The molecule has 0 fully saturated rings. The highest BCUT2D eigenvalue weighted by Gasteiger charge is 2.12. The van der Waals surface area contributed by atoms with Crippen LogP contribution in [0.25, 0.3) is 0 Å². The predicted octanol–water partition coefficient (Wildman–Crippen LogP) is 3.49. The second kappa shape index (κ2) is 6.48. The summed E-state index contributed by atoms with van der Waals surface area (Å²) in [4.78, 5) is 12.2. The van der Waals surface area contributed by atoms with Crippen LogP contribution >= 0.6 is 0 Å². The van der Waals surface area contributed by atoms with Gasteiger partial charge in [0.1, 0.15) is 0 Å². The van der Waals surface area contributed by atoms with Crippen LogP contribution in [0.1, 0.15) is 52.8 Å². The van der Waals surface area contributed by atoms with Crippen molar-refractivity contribution in [3.05, 3.63) is 58.4 Å². The molecule has 1 heterocycles. The third kappa shape index (κ3) is 3.20. The van der Waals surface area contributed by atoms with E-state index in [-0.39, 0.29) is 5.91 Å². The van der Waals surface area contributed by atoms with Gasteiger partial charge in [0.15, 0.2) is 0 Å². The first kappa shape index (κ1) is 15.8. The van der Waals surface area contributed by atoms with Crippen molar-refractivity contribution < 1.29 is 4.79 Å². The van der Waals surface area contributed by atoms with Crippen LogP contribution in [0.4, 0.5) is 0 Å². The van der Waals surface area contributed by atoms with Gasteiger partial charge >= 0.3 is 0 Å². The second-order valence-corrected chi connectivity index (χ2v) is 5.74.